The normalized spacial score (nSPS) is 32.9. The number of carboxylic acids is 1. The Labute approximate surface area is 139 Å². The Hall–Kier alpha value is -1.44. The van der Waals surface area contributed by atoms with Gasteiger partial charge in [-0.3, -0.25) is 4.79 Å². The van der Waals surface area contributed by atoms with Gasteiger partial charge in [-0.1, -0.05) is 19.3 Å². The zero-order chi connectivity index (χ0) is 16.8. The summed E-state index contributed by atoms with van der Waals surface area (Å²) in [5, 5.41) is 14.7. The van der Waals surface area contributed by atoms with E-state index in [2.05, 4.69) is 10.6 Å². The molecule has 2 heterocycles. The molecule has 128 valence electrons. The van der Waals surface area contributed by atoms with E-state index in [-0.39, 0.29) is 23.4 Å². The number of rotatable bonds is 3. The summed E-state index contributed by atoms with van der Waals surface area (Å²) in [5.41, 5.74) is 0. The Morgan fingerprint density at radius 2 is 1.87 bits per heavy atom. The van der Waals surface area contributed by atoms with Crippen LogP contribution in [0.5, 0.6) is 0 Å². The molecule has 8 heteroatoms. The zero-order valence-corrected chi connectivity index (χ0v) is 14.2. The van der Waals surface area contributed by atoms with Gasteiger partial charge in [0.15, 0.2) is 0 Å². The van der Waals surface area contributed by atoms with Crippen molar-refractivity contribution in [1.29, 1.82) is 0 Å². The highest BCUT2D eigenvalue weighted by Crippen LogP contribution is 2.50. The van der Waals surface area contributed by atoms with Crippen molar-refractivity contribution in [3.63, 3.8) is 0 Å². The molecule has 0 aromatic rings. The van der Waals surface area contributed by atoms with Crippen molar-refractivity contribution in [2.75, 3.05) is 0 Å². The second kappa shape index (κ2) is 5.89. The summed E-state index contributed by atoms with van der Waals surface area (Å²) in [5.74, 6) is -1.30. The van der Waals surface area contributed by atoms with Crippen molar-refractivity contribution in [3.8, 4) is 0 Å². The first kappa shape index (κ1) is 16.4. The molecule has 0 unspecified atom stereocenters. The van der Waals surface area contributed by atoms with Crippen molar-refractivity contribution < 1.29 is 19.5 Å². The molecule has 3 aliphatic rings. The lowest BCUT2D eigenvalue weighted by atomic mass is 9.95. The highest BCUT2D eigenvalue weighted by atomic mass is 32.2. The minimum Gasteiger partial charge on any atom is -0.480 e. The van der Waals surface area contributed by atoms with Crippen LogP contribution in [-0.2, 0) is 9.59 Å². The first-order valence-corrected chi connectivity index (χ1v) is 8.99. The van der Waals surface area contributed by atoms with Crippen LogP contribution in [0.2, 0.25) is 0 Å². The number of thioether (sulfide) groups is 1. The minimum atomic E-state index is -0.997. The van der Waals surface area contributed by atoms with Crippen molar-refractivity contribution >= 4 is 29.7 Å². The van der Waals surface area contributed by atoms with E-state index in [1.54, 1.807) is 0 Å². The number of urea groups is 1. The summed E-state index contributed by atoms with van der Waals surface area (Å²) in [6, 6.07) is -1.63. The summed E-state index contributed by atoms with van der Waals surface area (Å²) in [7, 11) is 0. The lowest BCUT2D eigenvalue weighted by molar-refractivity contribution is -0.159. The molecule has 3 rings (SSSR count). The molecule has 3 amide bonds. The number of nitrogens with zero attached hydrogens (tertiary/aromatic N) is 1. The molecule has 0 bridgehead atoms. The minimum absolute atomic E-state index is 0.175. The zero-order valence-electron chi connectivity index (χ0n) is 13.4. The highest BCUT2D eigenvalue weighted by Gasteiger charge is 2.64. The second-order valence-corrected chi connectivity index (χ2v) is 8.80. The predicted molar refractivity (Wildman–Crippen MR) is 86.1 cm³/mol. The Morgan fingerprint density at radius 3 is 2.48 bits per heavy atom. The van der Waals surface area contributed by atoms with E-state index in [4.69, 9.17) is 0 Å². The number of nitrogens with one attached hydrogen (secondary N) is 2. The molecule has 2 aliphatic heterocycles. The van der Waals surface area contributed by atoms with Gasteiger partial charge < -0.3 is 20.6 Å². The summed E-state index contributed by atoms with van der Waals surface area (Å²) < 4.78 is -0.567. The highest BCUT2D eigenvalue weighted by molar-refractivity contribution is 8.01. The first-order valence-electron chi connectivity index (χ1n) is 8.11. The van der Waals surface area contributed by atoms with Gasteiger partial charge in [0, 0.05) is 10.8 Å². The smallest absolute Gasteiger partial charge is 0.327 e. The summed E-state index contributed by atoms with van der Waals surface area (Å²) in [6.45, 7) is 3.64. The predicted octanol–water partition coefficient (Wildman–Crippen LogP) is 1.13. The van der Waals surface area contributed by atoms with Crippen molar-refractivity contribution in [1.82, 2.24) is 15.5 Å². The largest absolute Gasteiger partial charge is 0.480 e. The lowest BCUT2D eigenvalue weighted by Gasteiger charge is -2.43. The van der Waals surface area contributed by atoms with Gasteiger partial charge >= 0.3 is 12.0 Å². The number of β-lactam (4-membered cyclic amide) rings is 1. The third-order valence-electron chi connectivity index (χ3n) is 4.90. The van der Waals surface area contributed by atoms with Crippen LogP contribution in [0.25, 0.3) is 0 Å². The maximum Gasteiger partial charge on any atom is 0.327 e. The van der Waals surface area contributed by atoms with Crippen LogP contribution in [0.3, 0.4) is 0 Å². The van der Waals surface area contributed by atoms with Crippen LogP contribution in [0, 0.1) is 0 Å². The van der Waals surface area contributed by atoms with E-state index in [0.717, 1.165) is 25.7 Å². The number of hydrogen-bond acceptors (Lipinski definition) is 4. The van der Waals surface area contributed by atoms with Crippen molar-refractivity contribution in [3.05, 3.63) is 0 Å². The van der Waals surface area contributed by atoms with E-state index in [1.165, 1.54) is 23.1 Å². The number of carboxylic acid groups (broad SMARTS) is 1. The topological polar surface area (TPSA) is 98.7 Å². The Kier molecular flexibility index (Phi) is 4.20. The second-order valence-electron chi connectivity index (χ2n) is 7.03. The van der Waals surface area contributed by atoms with Crippen molar-refractivity contribution in [2.45, 2.75) is 74.2 Å². The van der Waals surface area contributed by atoms with Crippen LogP contribution >= 0.6 is 11.8 Å². The van der Waals surface area contributed by atoms with Gasteiger partial charge in [-0.05, 0) is 26.7 Å². The van der Waals surface area contributed by atoms with Crippen LogP contribution in [0.15, 0.2) is 0 Å². The van der Waals surface area contributed by atoms with Gasteiger partial charge in [0.1, 0.15) is 17.5 Å². The third kappa shape index (κ3) is 2.88. The van der Waals surface area contributed by atoms with E-state index >= 15 is 0 Å². The maximum absolute atomic E-state index is 12.3. The van der Waals surface area contributed by atoms with Gasteiger partial charge in [-0.25, -0.2) is 9.59 Å². The average Bonchev–Trinajstić information content (AvgIpc) is 2.74. The SMILES string of the molecule is CC1(C)S[C@H]2[C@H](NC(=O)NC3CCCCC3)C(=O)N2[C@H]1C(=O)O. The van der Waals surface area contributed by atoms with Gasteiger partial charge in [0.05, 0.1) is 0 Å². The van der Waals surface area contributed by atoms with E-state index < -0.39 is 22.8 Å². The molecule has 23 heavy (non-hydrogen) atoms. The Morgan fingerprint density at radius 1 is 1.22 bits per heavy atom. The summed E-state index contributed by atoms with van der Waals surface area (Å²) >= 11 is 1.44. The molecule has 1 saturated carbocycles. The van der Waals surface area contributed by atoms with Crippen LogP contribution in [0.1, 0.15) is 46.0 Å². The van der Waals surface area contributed by atoms with Crippen molar-refractivity contribution in [2.24, 2.45) is 0 Å². The lowest BCUT2D eigenvalue weighted by Crippen LogP contribution is -2.71. The number of amides is 3. The fraction of sp³-hybridized carbons (Fsp3) is 0.800. The standard InChI is InChI=1S/C15H23N3O4S/c1-15(2)10(13(20)21)18-11(19)9(12(18)23-15)17-14(22)16-8-6-4-3-5-7-8/h8-10,12H,3-7H2,1-2H3,(H,20,21)(H2,16,17,22)/t9-,10+,12+/m1/s1. The Bertz CT molecular complexity index is 533. The number of carbonyl (C=O) groups excluding carboxylic acids is 2. The van der Waals surface area contributed by atoms with Gasteiger partial charge in [-0.2, -0.15) is 0 Å². The van der Waals surface area contributed by atoms with E-state index in [9.17, 15) is 19.5 Å². The fourth-order valence-electron chi connectivity index (χ4n) is 3.76. The summed E-state index contributed by atoms with van der Waals surface area (Å²) in [4.78, 5) is 37.2. The molecule has 7 nitrogen and oxygen atoms in total. The molecule has 3 atom stereocenters. The van der Waals surface area contributed by atoms with Gasteiger partial charge in [-0.15, -0.1) is 11.8 Å². The third-order valence-corrected chi connectivity index (χ3v) is 6.47. The molecular formula is C15H23N3O4S. The molecule has 3 fully saturated rings. The molecule has 0 radical (unpaired) electrons. The maximum atomic E-state index is 12.3. The monoisotopic (exact) mass is 341 g/mol. The van der Waals surface area contributed by atoms with Gasteiger partial charge in [0.2, 0.25) is 5.91 Å². The summed E-state index contributed by atoms with van der Waals surface area (Å²) in [6.07, 6.45) is 5.40. The quantitative estimate of drug-likeness (QED) is 0.669. The molecule has 0 spiro atoms. The molecule has 0 aromatic heterocycles. The molecular weight excluding hydrogens is 318 g/mol. The Balaban J connectivity index is 1.59. The van der Waals surface area contributed by atoms with E-state index in [0.29, 0.717) is 0 Å². The molecule has 3 N–H and O–H groups in total. The molecule has 2 saturated heterocycles. The molecule has 0 aromatic carbocycles. The molecule has 1 aliphatic carbocycles. The van der Waals surface area contributed by atoms with E-state index in [1.807, 2.05) is 13.8 Å². The number of fused-ring (bicyclic) bond motifs is 1. The van der Waals surface area contributed by atoms with Crippen LogP contribution in [0.4, 0.5) is 4.79 Å². The van der Waals surface area contributed by atoms with Gasteiger partial charge in [0.25, 0.3) is 0 Å². The number of aliphatic carboxylic acids is 1. The average molecular weight is 341 g/mol. The van der Waals surface area contributed by atoms with Crippen LogP contribution < -0.4 is 10.6 Å². The fourth-order valence-corrected chi connectivity index (χ4v) is 5.39. The van der Waals surface area contributed by atoms with Crippen LogP contribution in [-0.4, -0.2) is 56.2 Å². The number of hydrogen-bond donors (Lipinski definition) is 3. The number of carbonyl (C=O) groups is 3. The first-order chi connectivity index (χ1) is 10.8.